The zero-order valence-electron chi connectivity index (χ0n) is 8.08. The molecule has 1 N–H and O–H groups in total. The summed E-state index contributed by atoms with van der Waals surface area (Å²) in [6.07, 6.45) is 0.721. The van der Waals surface area contributed by atoms with Crippen molar-refractivity contribution in [3.05, 3.63) is 0 Å². The Labute approximate surface area is 82.6 Å². The van der Waals surface area contributed by atoms with Crippen LogP contribution in [-0.2, 0) is 4.79 Å². The van der Waals surface area contributed by atoms with E-state index in [1.807, 2.05) is 4.90 Å². The summed E-state index contributed by atoms with van der Waals surface area (Å²) in [5.41, 5.74) is 0. The van der Waals surface area contributed by atoms with Gasteiger partial charge in [-0.15, -0.1) is 0 Å². The molecule has 1 aliphatic carbocycles. The van der Waals surface area contributed by atoms with E-state index in [4.69, 9.17) is 0 Å². The summed E-state index contributed by atoms with van der Waals surface area (Å²) in [4.78, 5) is 13.7. The van der Waals surface area contributed by atoms with Gasteiger partial charge < -0.3 is 10.2 Å². The molecule has 2 aliphatic heterocycles. The Balaban J connectivity index is 1.70. The molecule has 78 valence electrons. The second-order valence-corrected chi connectivity index (χ2v) is 4.76. The van der Waals surface area contributed by atoms with E-state index in [-0.39, 0.29) is 11.8 Å². The molecule has 0 radical (unpaired) electrons. The summed E-state index contributed by atoms with van der Waals surface area (Å²) in [6, 6.07) is 0.342. The third-order valence-electron chi connectivity index (χ3n) is 3.63. The number of nitrogens with one attached hydrogen (secondary N) is 1. The lowest BCUT2D eigenvalue weighted by Crippen LogP contribution is -2.42. The van der Waals surface area contributed by atoms with Gasteiger partial charge in [0.15, 0.2) is 0 Å². The standard InChI is InChI=1S/C10H15FN2O/c11-9-2-8(9)10(14)13-5-6-1-7(13)4-12-3-6/h6-9,12H,1-5H2/t6-,7+,8+,9-/m0/s1. The van der Waals surface area contributed by atoms with E-state index in [9.17, 15) is 9.18 Å². The minimum Gasteiger partial charge on any atom is -0.338 e. The second-order valence-electron chi connectivity index (χ2n) is 4.76. The second kappa shape index (κ2) is 2.92. The van der Waals surface area contributed by atoms with E-state index in [2.05, 4.69) is 5.32 Å². The number of alkyl halides is 1. The molecule has 1 amide bonds. The molecule has 14 heavy (non-hydrogen) atoms. The van der Waals surface area contributed by atoms with Gasteiger partial charge in [-0.25, -0.2) is 4.39 Å². The first-order chi connectivity index (χ1) is 6.75. The average Bonchev–Trinajstić information content (AvgIpc) is 2.84. The van der Waals surface area contributed by atoms with E-state index in [0.29, 0.717) is 18.4 Å². The molecule has 2 saturated heterocycles. The molecule has 2 bridgehead atoms. The summed E-state index contributed by atoms with van der Waals surface area (Å²) in [7, 11) is 0. The predicted molar refractivity (Wildman–Crippen MR) is 49.5 cm³/mol. The summed E-state index contributed by atoms with van der Waals surface area (Å²) in [6.45, 7) is 2.76. The maximum absolute atomic E-state index is 12.8. The minimum absolute atomic E-state index is 0.0636. The van der Waals surface area contributed by atoms with E-state index in [1.54, 1.807) is 0 Å². The van der Waals surface area contributed by atoms with Crippen LogP contribution >= 0.6 is 0 Å². The van der Waals surface area contributed by atoms with E-state index in [0.717, 1.165) is 26.1 Å². The Kier molecular flexibility index (Phi) is 1.81. The highest BCUT2D eigenvalue weighted by atomic mass is 19.1. The molecule has 0 unspecified atom stereocenters. The van der Waals surface area contributed by atoms with Crippen molar-refractivity contribution < 1.29 is 9.18 Å². The zero-order chi connectivity index (χ0) is 9.71. The SMILES string of the molecule is O=C([C@@H]1C[C@@H]1F)N1C[C@@H]2CNC[C@H]1C2. The fourth-order valence-corrected chi connectivity index (χ4v) is 2.71. The molecule has 0 aromatic rings. The maximum atomic E-state index is 12.8. The molecule has 3 aliphatic rings. The van der Waals surface area contributed by atoms with Crippen LogP contribution in [0.15, 0.2) is 0 Å². The van der Waals surface area contributed by atoms with Crippen LogP contribution in [0.3, 0.4) is 0 Å². The topological polar surface area (TPSA) is 32.3 Å². The molecule has 2 heterocycles. The van der Waals surface area contributed by atoms with Gasteiger partial charge in [0, 0.05) is 19.1 Å². The van der Waals surface area contributed by atoms with Crippen LogP contribution < -0.4 is 5.32 Å². The highest BCUT2D eigenvalue weighted by molar-refractivity contribution is 5.82. The van der Waals surface area contributed by atoms with Crippen molar-refractivity contribution >= 4 is 5.91 Å². The number of fused-ring (bicyclic) bond motifs is 2. The number of hydrogen-bond donors (Lipinski definition) is 1. The Morgan fingerprint density at radius 1 is 1.36 bits per heavy atom. The van der Waals surface area contributed by atoms with Crippen LogP contribution in [0.4, 0.5) is 4.39 Å². The first-order valence-corrected chi connectivity index (χ1v) is 5.41. The van der Waals surface area contributed by atoms with Crippen LogP contribution in [0.25, 0.3) is 0 Å². The summed E-state index contributed by atoms with van der Waals surface area (Å²) < 4.78 is 12.8. The Morgan fingerprint density at radius 3 is 2.79 bits per heavy atom. The largest absolute Gasteiger partial charge is 0.338 e. The van der Waals surface area contributed by atoms with Gasteiger partial charge in [-0.1, -0.05) is 0 Å². The average molecular weight is 198 g/mol. The van der Waals surface area contributed by atoms with Crippen LogP contribution in [0, 0.1) is 11.8 Å². The molecule has 4 heteroatoms. The third kappa shape index (κ3) is 1.24. The van der Waals surface area contributed by atoms with E-state index in [1.165, 1.54) is 0 Å². The zero-order valence-corrected chi connectivity index (χ0v) is 8.08. The van der Waals surface area contributed by atoms with Gasteiger partial charge in [-0.2, -0.15) is 0 Å². The maximum Gasteiger partial charge on any atom is 0.229 e. The number of amides is 1. The number of rotatable bonds is 1. The lowest BCUT2D eigenvalue weighted by atomic mass is 10.0. The highest BCUT2D eigenvalue weighted by Gasteiger charge is 2.49. The fraction of sp³-hybridized carbons (Fsp3) is 0.900. The van der Waals surface area contributed by atoms with Crippen LogP contribution in [0.5, 0.6) is 0 Å². The van der Waals surface area contributed by atoms with Gasteiger partial charge in [0.05, 0.1) is 5.92 Å². The van der Waals surface area contributed by atoms with Crippen molar-refractivity contribution in [2.24, 2.45) is 11.8 Å². The molecule has 0 aromatic heterocycles. The molecule has 3 rings (SSSR count). The third-order valence-corrected chi connectivity index (χ3v) is 3.63. The number of likely N-dealkylation sites (tertiary alicyclic amines) is 1. The number of piperidine rings is 1. The Morgan fingerprint density at radius 2 is 2.14 bits per heavy atom. The lowest BCUT2D eigenvalue weighted by molar-refractivity contribution is -0.133. The molecular formula is C10H15FN2O. The smallest absolute Gasteiger partial charge is 0.229 e. The summed E-state index contributed by atoms with van der Waals surface area (Å²) in [5, 5.41) is 3.31. The number of nitrogens with zero attached hydrogens (tertiary/aromatic N) is 1. The van der Waals surface area contributed by atoms with Crippen molar-refractivity contribution in [1.29, 1.82) is 0 Å². The summed E-state index contributed by atoms with van der Waals surface area (Å²) >= 11 is 0. The van der Waals surface area contributed by atoms with Crippen molar-refractivity contribution in [2.75, 3.05) is 19.6 Å². The van der Waals surface area contributed by atoms with Crippen LogP contribution in [-0.4, -0.2) is 42.7 Å². The van der Waals surface area contributed by atoms with E-state index < -0.39 is 6.17 Å². The normalized spacial score (nSPS) is 45.4. The van der Waals surface area contributed by atoms with Gasteiger partial charge in [0.1, 0.15) is 6.17 Å². The van der Waals surface area contributed by atoms with Gasteiger partial charge in [-0.05, 0) is 25.3 Å². The fourth-order valence-electron chi connectivity index (χ4n) is 2.71. The van der Waals surface area contributed by atoms with Crippen molar-refractivity contribution in [3.63, 3.8) is 0 Å². The lowest BCUT2D eigenvalue weighted by Gasteiger charge is -2.24. The minimum atomic E-state index is -0.851. The predicted octanol–water partition coefficient (Wildman–Crippen LogP) is 0.165. The van der Waals surface area contributed by atoms with Crippen molar-refractivity contribution in [2.45, 2.75) is 25.1 Å². The molecule has 3 nitrogen and oxygen atoms in total. The molecule has 3 fully saturated rings. The molecule has 0 spiro atoms. The number of carbonyl (C=O) groups is 1. The van der Waals surface area contributed by atoms with E-state index >= 15 is 0 Å². The van der Waals surface area contributed by atoms with Crippen molar-refractivity contribution in [3.8, 4) is 0 Å². The molecule has 1 saturated carbocycles. The van der Waals surface area contributed by atoms with Crippen molar-refractivity contribution in [1.82, 2.24) is 10.2 Å². The summed E-state index contributed by atoms with van der Waals surface area (Å²) in [5.74, 6) is 0.373. The van der Waals surface area contributed by atoms with Crippen LogP contribution in [0.1, 0.15) is 12.8 Å². The molecule has 4 atom stereocenters. The van der Waals surface area contributed by atoms with Gasteiger partial charge in [0.2, 0.25) is 5.91 Å². The Bertz CT molecular complexity index is 271. The quantitative estimate of drug-likeness (QED) is 0.651. The number of hydrogen-bond acceptors (Lipinski definition) is 2. The monoisotopic (exact) mass is 198 g/mol. The van der Waals surface area contributed by atoms with Crippen LogP contribution in [0.2, 0.25) is 0 Å². The van der Waals surface area contributed by atoms with Gasteiger partial charge in [-0.3, -0.25) is 4.79 Å². The first kappa shape index (κ1) is 8.65. The van der Waals surface area contributed by atoms with Gasteiger partial charge in [0.25, 0.3) is 0 Å². The van der Waals surface area contributed by atoms with Gasteiger partial charge >= 0.3 is 0 Å². The molecular weight excluding hydrogens is 183 g/mol. The first-order valence-electron chi connectivity index (χ1n) is 5.41. The number of halogens is 1. The highest BCUT2D eigenvalue weighted by Crippen LogP contribution is 2.38. The molecule has 0 aromatic carbocycles. The number of carbonyl (C=O) groups excluding carboxylic acids is 1. The Hall–Kier alpha value is -0.640.